The molecule has 1 heterocycles. The van der Waals surface area contributed by atoms with Gasteiger partial charge in [0.2, 0.25) is 0 Å². The van der Waals surface area contributed by atoms with Gasteiger partial charge in [-0.2, -0.15) is 0 Å². The van der Waals surface area contributed by atoms with Crippen LogP contribution in [0.15, 0.2) is 36.5 Å². The highest BCUT2D eigenvalue weighted by atomic mass is 19.1. The van der Waals surface area contributed by atoms with Gasteiger partial charge in [-0.3, -0.25) is 4.98 Å². The van der Waals surface area contributed by atoms with E-state index in [-0.39, 0.29) is 5.75 Å². The van der Waals surface area contributed by atoms with Crippen LogP contribution in [0.2, 0.25) is 0 Å². The standard InChI is InChI=1S/C18H22FNO2/c1-2-3-4-5-6-11-22-15-8-10-18(20-13-15)16-9-7-14(21)12-17(16)19/h7-10,12-13,21H,2-6,11H2,1H3. The highest BCUT2D eigenvalue weighted by Gasteiger charge is 2.07. The molecule has 0 fully saturated rings. The van der Waals surface area contributed by atoms with Gasteiger partial charge in [0.15, 0.2) is 0 Å². The Morgan fingerprint density at radius 2 is 1.91 bits per heavy atom. The van der Waals surface area contributed by atoms with Gasteiger partial charge < -0.3 is 9.84 Å². The number of pyridine rings is 1. The number of rotatable bonds is 8. The summed E-state index contributed by atoms with van der Waals surface area (Å²) < 4.78 is 19.4. The second-order valence-electron chi connectivity index (χ2n) is 5.31. The molecule has 2 aromatic rings. The summed E-state index contributed by atoms with van der Waals surface area (Å²) >= 11 is 0. The molecular weight excluding hydrogens is 281 g/mol. The topological polar surface area (TPSA) is 42.4 Å². The van der Waals surface area contributed by atoms with Gasteiger partial charge in [-0.05, 0) is 30.7 Å². The summed E-state index contributed by atoms with van der Waals surface area (Å²) in [5, 5.41) is 9.22. The molecule has 0 atom stereocenters. The van der Waals surface area contributed by atoms with Crippen molar-refractivity contribution >= 4 is 0 Å². The van der Waals surface area contributed by atoms with Gasteiger partial charge in [-0.25, -0.2) is 4.39 Å². The fourth-order valence-electron chi connectivity index (χ4n) is 2.23. The largest absolute Gasteiger partial charge is 0.508 e. The Kier molecular flexibility index (Phi) is 6.19. The van der Waals surface area contributed by atoms with Crippen molar-refractivity contribution in [2.45, 2.75) is 39.0 Å². The normalized spacial score (nSPS) is 10.6. The molecule has 0 amide bonds. The lowest BCUT2D eigenvalue weighted by molar-refractivity contribution is 0.303. The first-order valence-electron chi connectivity index (χ1n) is 7.78. The first-order chi connectivity index (χ1) is 10.7. The Hall–Kier alpha value is -2.10. The van der Waals surface area contributed by atoms with Gasteiger partial charge in [0.25, 0.3) is 0 Å². The zero-order valence-electron chi connectivity index (χ0n) is 12.9. The van der Waals surface area contributed by atoms with Crippen molar-refractivity contribution in [1.29, 1.82) is 0 Å². The van der Waals surface area contributed by atoms with Crippen molar-refractivity contribution < 1.29 is 14.2 Å². The van der Waals surface area contributed by atoms with Crippen LogP contribution in [-0.2, 0) is 0 Å². The zero-order chi connectivity index (χ0) is 15.8. The van der Waals surface area contributed by atoms with Gasteiger partial charge in [-0.1, -0.05) is 32.6 Å². The summed E-state index contributed by atoms with van der Waals surface area (Å²) in [6.07, 6.45) is 7.58. The van der Waals surface area contributed by atoms with Crippen LogP contribution in [0.1, 0.15) is 39.0 Å². The van der Waals surface area contributed by atoms with Crippen molar-refractivity contribution in [3.05, 3.63) is 42.3 Å². The van der Waals surface area contributed by atoms with E-state index in [1.807, 2.05) is 0 Å². The van der Waals surface area contributed by atoms with Gasteiger partial charge in [0, 0.05) is 11.6 Å². The Morgan fingerprint density at radius 3 is 2.59 bits per heavy atom. The minimum Gasteiger partial charge on any atom is -0.508 e. The number of phenolic OH excluding ortho intramolecular Hbond substituents is 1. The molecule has 0 spiro atoms. The quantitative estimate of drug-likeness (QED) is 0.702. The molecule has 0 radical (unpaired) electrons. The SMILES string of the molecule is CCCCCCCOc1ccc(-c2ccc(O)cc2F)nc1. The summed E-state index contributed by atoms with van der Waals surface area (Å²) in [6.45, 7) is 2.87. The fourth-order valence-corrected chi connectivity index (χ4v) is 2.23. The van der Waals surface area contributed by atoms with Crippen molar-refractivity contribution in [3.63, 3.8) is 0 Å². The number of nitrogens with zero attached hydrogens (tertiary/aromatic N) is 1. The van der Waals surface area contributed by atoms with E-state index in [1.54, 1.807) is 18.3 Å². The molecule has 3 nitrogen and oxygen atoms in total. The minimum atomic E-state index is -0.489. The van der Waals surface area contributed by atoms with Crippen LogP contribution in [-0.4, -0.2) is 16.7 Å². The fraction of sp³-hybridized carbons (Fsp3) is 0.389. The lowest BCUT2D eigenvalue weighted by Gasteiger charge is -2.07. The number of hydrogen-bond acceptors (Lipinski definition) is 3. The molecule has 22 heavy (non-hydrogen) atoms. The van der Waals surface area contributed by atoms with E-state index >= 15 is 0 Å². The molecule has 2 rings (SSSR count). The number of ether oxygens (including phenoxy) is 1. The molecule has 0 saturated heterocycles. The molecule has 0 aliphatic carbocycles. The maximum atomic E-state index is 13.8. The number of benzene rings is 1. The Balaban J connectivity index is 1.87. The molecule has 1 aromatic carbocycles. The minimum absolute atomic E-state index is 0.0933. The summed E-state index contributed by atoms with van der Waals surface area (Å²) in [5.74, 6) is 0.111. The third-order valence-corrected chi connectivity index (χ3v) is 3.48. The van der Waals surface area contributed by atoms with E-state index in [4.69, 9.17) is 4.74 Å². The number of aromatic nitrogens is 1. The van der Waals surface area contributed by atoms with E-state index in [9.17, 15) is 9.50 Å². The first-order valence-corrected chi connectivity index (χ1v) is 7.78. The predicted octanol–water partition coefficient (Wildman–Crippen LogP) is 4.94. The van der Waals surface area contributed by atoms with Crippen LogP contribution < -0.4 is 4.74 Å². The molecule has 0 aliphatic heterocycles. The number of halogens is 1. The van der Waals surface area contributed by atoms with Crippen molar-refractivity contribution in [3.8, 4) is 22.8 Å². The summed E-state index contributed by atoms with van der Waals surface area (Å²) in [7, 11) is 0. The maximum Gasteiger partial charge on any atom is 0.137 e. The Labute approximate surface area is 130 Å². The molecule has 1 N–H and O–H groups in total. The Bertz CT molecular complexity index is 584. The summed E-state index contributed by atoms with van der Waals surface area (Å²) in [4.78, 5) is 4.22. The average Bonchev–Trinajstić information content (AvgIpc) is 2.52. The van der Waals surface area contributed by atoms with Crippen LogP contribution >= 0.6 is 0 Å². The van der Waals surface area contributed by atoms with Gasteiger partial charge in [-0.15, -0.1) is 0 Å². The molecule has 0 saturated carbocycles. The van der Waals surface area contributed by atoms with Gasteiger partial charge >= 0.3 is 0 Å². The van der Waals surface area contributed by atoms with Gasteiger partial charge in [0.05, 0.1) is 18.5 Å². The molecule has 0 unspecified atom stereocenters. The summed E-state index contributed by atoms with van der Waals surface area (Å²) in [6, 6.07) is 7.56. The smallest absolute Gasteiger partial charge is 0.137 e. The number of hydrogen-bond donors (Lipinski definition) is 1. The van der Waals surface area contributed by atoms with Crippen LogP contribution in [0.25, 0.3) is 11.3 Å². The van der Waals surface area contributed by atoms with E-state index in [1.165, 1.54) is 37.8 Å². The Morgan fingerprint density at radius 1 is 1.09 bits per heavy atom. The number of aromatic hydroxyl groups is 1. The average molecular weight is 303 g/mol. The zero-order valence-corrected chi connectivity index (χ0v) is 12.9. The number of phenols is 1. The maximum absolute atomic E-state index is 13.8. The molecule has 1 aromatic heterocycles. The van der Waals surface area contributed by atoms with Crippen molar-refractivity contribution in [2.75, 3.05) is 6.61 Å². The highest BCUT2D eigenvalue weighted by molar-refractivity contribution is 5.61. The molecule has 4 heteroatoms. The molecule has 0 aliphatic rings. The van der Waals surface area contributed by atoms with E-state index < -0.39 is 5.82 Å². The lowest BCUT2D eigenvalue weighted by atomic mass is 10.1. The molecule has 118 valence electrons. The second-order valence-corrected chi connectivity index (χ2v) is 5.31. The third kappa shape index (κ3) is 4.72. The first kappa shape index (κ1) is 16.3. The summed E-state index contributed by atoms with van der Waals surface area (Å²) in [5.41, 5.74) is 0.886. The lowest BCUT2D eigenvalue weighted by Crippen LogP contribution is -1.98. The highest BCUT2D eigenvalue weighted by Crippen LogP contribution is 2.25. The van der Waals surface area contributed by atoms with Crippen molar-refractivity contribution in [2.24, 2.45) is 0 Å². The van der Waals surface area contributed by atoms with Crippen molar-refractivity contribution in [1.82, 2.24) is 4.98 Å². The second kappa shape index (κ2) is 8.37. The monoisotopic (exact) mass is 303 g/mol. The number of unbranched alkanes of at least 4 members (excludes halogenated alkanes) is 4. The van der Waals surface area contributed by atoms with Crippen LogP contribution in [0, 0.1) is 5.82 Å². The van der Waals surface area contributed by atoms with Crippen LogP contribution in [0.3, 0.4) is 0 Å². The van der Waals surface area contributed by atoms with Crippen LogP contribution in [0.4, 0.5) is 4.39 Å². The third-order valence-electron chi connectivity index (χ3n) is 3.48. The van der Waals surface area contributed by atoms with E-state index in [2.05, 4.69) is 11.9 Å². The van der Waals surface area contributed by atoms with E-state index in [0.717, 1.165) is 12.5 Å². The predicted molar refractivity (Wildman–Crippen MR) is 85.5 cm³/mol. The molecular formula is C18H22FNO2. The van der Waals surface area contributed by atoms with Crippen LogP contribution in [0.5, 0.6) is 11.5 Å². The molecule has 0 bridgehead atoms. The van der Waals surface area contributed by atoms with E-state index in [0.29, 0.717) is 23.6 Å². The van der Waals surface area contributed by atoms with Gasteiger partial charge in [0.1, 0.15) is 17.3 Å².